The molecule has 2 aromatic carbocycles. The lowest BCUT2D eigenvalue weighted by atomic mass is 10.1. The summed E-state index contributed by atoms with van der Waals surface area (Å²) < 4.78 is 8.25. The van der Waals surface area contributed by atoms with Gasteiger partial charge < -0.3 is 4.74 Å². The van der Waals surface area contributed by atoms with Gasteiger partial charge in [-0.1, -0.05) is 25.1 Å². The molecule has 0 aliphatic rings. The monoisotopic (exact) mass is 361 g/mol. The van der Waals surface area contributed by atoms with Crippen LogP contribution in [-0.2, 0) is 6.42 Å². The molecular formula is C21H19N3O3. The predicted molar refractivity (Wildman–Crippen MR) is 105 cm³/mol. The minimum Gasteiger partial charge on any atom is -0.497 e. The van der Waals surface area contributed by atoms with Crippen molar-refractivity contribution in [2.75, 3.05) is 7.11 Å². The lowest BCUT2D eigenvalue weighted by Crippen LogP contribution is -2.23. The van der Waals surface area contributed by atoms with Gasteiger partial charge in [-0.25, -0.2) is 4.68 Å². The SMILES string of the molecule is CCc1c2c(=O)n(-c3ccccc3)[nH]c2cc(=O)n1-c1ccc(OC)cc1. The standard InChI is InChI=1S/C21H19N3O3/c1-3-18-20-17(22-24(21(20)26)15-7-5-4-6-8-15)13-19(25)23(18)14-9-11-16(27-2)12-10-14/h4-13,22H,3H2,1-2H3. The molecule has 4 rings (SSSR count). The summed E-state index contributed by atoms with van der Waals surface area (Å²) in [5, 5.41) is 3.59. The first-order valence-electron chi connectivity index (χ1n) is 8.73. The van der Waals surface area contributed by atoms with Crippen molar-refractivity contribution in [1.82, 2.24) is 14.3 Å². The van der Waals surface area contributed by atoms with E-state index in [1.807, 2.05) is 49.4 Å². The first-order valence-corrected chi connectivity index (χ1v) is 8.73. The molecule has 27 heavy (non-hydrogen) atoms. The largest absolute Gasteiger partial charge is 0.497 e. The minimum atomic E-state index is -0.189. The number of aromatic nitrogens is 3. The molecule has 2 aromatic heterocycles. The maximum atomic E-state index is 13.1. The normalized spacial score (nSPS) is 11.0. The van der Waals surface area contributed by atoms with Crippen LogP contribution < -0.4 is 15.9 Å². The summed E-state index contributed by atoms with van der Waals surface area (Å²) in [5.74, 6) is 0.707. The van der Waals surface area contributed by atoms with Crippen molar-refractivity contribution in [3.05, 3.63) is 87.1 Å². The van der Waals surface area contributed by atoms with Crippen LogP contribution in [0.3, 0.4) is 0 Å². The third-order valence-electron chi connectivity index (χ3n) is 4.65. The molecule has 136 valence electrons. The topological polar surface area (TPSA) is 69.0 Å². The number of benzene rings is 2. The van der Waals surface area contributed by atoms with Crippen LogP contribution in [0.4, 0.5) is 0 Å². The Labute approximate surface area is 155 Å². The molecule has 0 bridgehead atoms. The molecule has 0 saturated heterocycles. The number of nitrogens with zero attached hydrogens (tertiary/aromatic N) is 2. The van der Waals surface area contributed by atoms with Crippen LogP contribution in [0.5, 0.6) is 5.75 Å². The van der Waals surface area contributed by atoms with Gasteiger partial charge >= 0.3 is 0 Å². The van der Waals surface area contributed by atoms with Gasteiger partial charge in [0.2, 0.25) is 0 Å². The Bertz CT molecular complexity index is 1220. The summed E-state index contributed by atoms with van der Waals surface area (Å²) in [4.78, 5) is 25.9. The number of para-hydroxylation sites is 1. The van der Waals surface area contributed by atoms with Crippen molar-refractivity contribution in [3.8, 4) is 17.1 Å². The van der Waals surface area contributed by atoms with E-state index in [0.29, 0.717) is 34.5 Å². The molecule has 0 spiro atoms. The van der Waals surface area contributed by atoms with Crippen molar-refractivity contribution in [2.24, 2.45) is 0 Å². The highest BCUT2D eigenvalue weighted by Gasteiger charge is 2.17. The molecule has 0 unspecified atom stereocenters. The zero-order valence-corrected chi connectivity index (χ0v) is 15.1. The van der Waals surface area contributed by atoms with Crippen molar-refractivity contribution in [3.63, 3.8) is 0 Å². The smallest absolute Gasteiger partial charge is 0.280 e. The predicted octanol–water partition coefficient (Wildman–Crippen LogP) is 3.04. The summed E-state index contributed by atoms with van der Waals surface area (Å²) in [5.41, 5.74) is 2.28. The average Bonchev–Trinajstić information content (AvgIpc) is 3.04. The fourth-order valence-corrected chi connectivity index (χ4v) is 3.38. The Hall–Kier alpha value is -3.54. The van der Waals surface area contributed by atoms with Crippen molar-refractivity contribution >= 4 is 10.9 Å². The molecule has 6 nitrogen and oxygen atoms in total. The summed E-state index contributed by atoms with van der Waals surface area (Å²) in [6.07, 6.45) is 0.542. The molecule has 4 aromatic rings. The Balaban J connectivity index is 2.01. The number of H-pyrrole nitrogens is 1. The number of aromatic amines is 1. The minimum absolute atomic E-state index is 0.171. The van der Waals surface area contributed by atoms with Crippen LogP contribution in [0.1, 0.15) is 12.6 Å². The zero-order chi connectivity index (χ0) is 19.0. The summed E-state index contributed by atoms with van der Waals surface area (Å²) in [6, 6.07) is 18.0. The number of pyridine rings is 1. The van der Waals surface area contributed by atoms with Gasteiger partial charge in [0.25, 0.3) is 11.1 Å². The molecule has 1 N–H and O–H groups in total. The number of rotatable bonds is 4. The number of hydrogen-bond acceptors (Lipinski definition) is 3. The van der Waals surface area contributed by atoms with E-state index in [2.05, 4.69) is 5.10 Å². The average molecular weight is 361 g/mol. The van der Waals surface area contributed by atoms with Crippen molar-refractivity contribution < 1.29 is 4.74 Å². The first kappa shape index (κ1) is 16.9. The lowest BCUT2D eigenvalue weighted by Gasteiger charge is -2.12. The first-order chi connectivity index (χ1) is 13.1. The van der Waals surface area contributed by atoms with E-state index in [0.717, 1.165) is 5.69 Å². The van der Waals surface area contributed by atoms with Crippen LogP contribution in [0.2, 0.25) is 0 Å². The quantitative estimate of drug-likeness (QED) is 0.607. The Morgan fingerprint density at radius 2 is 1.67 bits per heavy atom. The summed E-state index contributed by atoms with van der Waals surface area (Å²) in [7, 11) is 1.59. The molecular weight excluding hydrogens is 342 g/mol. The molecule has 0 amide bonds. The van der Waals surface area contributed by atoms with Crippen LogP contribution in [0.25, 0.3) is 22.3 Å². The Morgan fingerprint density at radius 1 is 0.963 bits per heavy atom. The zero-order valence-electron chi connectivity index (χ0n) is 15.1. The molecule has 6 heteroatoms. The second-order valence-corrected chi connectivity index (χ2v) is 6.19. The van der Waals surface area contributed by atoms with Gasteiger partial charge in [0.1, 0.15) is 5.75 Å². The number of fused-ring (bicyclic) bond motifs is 1. The molecule has 0 radical (unpaired) electrons. The highest BCUT2D eigenvalue weighted by molar-refractivity contribution is 5.81. The van der Waals surface area contributed by atoms with Crippen molar-refractivity contribution in [2.45, 2.75) is 13.3 Å². The second-order valence-electron chi connectivity index (χ2n) is 6.19. The number of aryl methyl sites for hydroxylation is 1. The number of nitrogens with one attached hydrogen (secondary N) is 1. The van der Waals surface area contributed by atoms with E-state index in [4.69, 9.17) is 4.74 Å². The van der Waals surface area contributed by atoms with Crippen LogP contribution in [0, 0.1) is 0 Å². The van der Waals surface area contributed by atoms with Crippen molar-refractivity contribution in [1.29, 1.82) is 0 Å². The maximum absolute atomic E-state index is 13.1. The molecule has 0 fully saturated rings. The highest BCUT2D eigenvalue weighted by Crippen LogP contribution is 2.20. The number of hydrogen-bond donors (Lipinski definition) is 1. The molecule has 0 atom stereocenters. The van der Waals surface area contributed by atoms with Gasteiger partial charge in [0.05, 0.1) is 23.7 Å². The third kappa shape index (κ3) is 2.75. The maximum Gasteiger partial charge on any atom is 0.280 e. The van der Waals surface area contributed by atoms with Gasteiger partial charge in [-0.15, -0.1) is 0 Å². The fourth-order valence-electron chi connectivity index (χ4n) is 3.38. The molecule has 0 aliphatic carbocycles. The van der Waals surface area contributed by atoms with Gasteiger partial charge in [0, 0.05) is 17.4 Å². The second kappa shape index (κ2) is 6.64. The fraction of sp³-hybridized carbons (Fsp3) is 0.143. The van der Waals surface area contributed by atoms with E-state index in [9.17, 15) is 9.59 Å². The third-order valence-corrected chi connectivity index (χ3v) is 4.65. The summed E-state index contributed by atoms with van der Waals surface area (Å²) >= 11 is 0. The van der Waals surface area contributed by atoms with E-state index < -0.39 is 0 Å². The number of methoxy groups -OCH3 is 1. The Morgan fingerprint density at radius 3 is 2.30 bits per heavy atom. The van der Waals surface area contributed by atoms with Crippen LogP contribution >= 0.6 is 0 Å². The molecule has 0 saturated carbocycles. The highest BCUT2D eigenvalue weighted by atomic mass is 16.5. The van der Waals surface area contributed by atoms with Crippen LogP contribution in [-0.4, -0.2) is 21.5 Å². The van der Waals surface area contributed by atoms with Crippen LogP contribution in [0.15, 0.2) is 70.3 Å². The van der Waals surface area contributed by atoms with Gasteiger partial charge in [-0.3, -0.25) is 19.3 Å². The van der Waals surface area contributed by atoms with Gasteiger partial charge in [0.15, 0.2) is 0 Å². The van der Waals surface area contributed by atoms with Gasteiger partial charge in [-0.05, 0) is 42.8 Å². The summed E-state index contributed by atoms with van der Waals surface area (Å²) in [6.45, 7) is 1.94. The van der Waals surface area contributed by atoms with E-state index in [-0.39, 0.29) is 11.1 Å². The van der Waals surface area contributed by atoms with E-state index >= 15 is 0 Å². The number of ether oxygens (including phenoxy) is 1. The lowest BCUT2D eigenvalue weighted by molar-refractivity contribution is 0.414. The molecule has 2 heterocycles. The molecule has 0 aliphatic heterocycles. The van der Waals surface area contributed by atoms with Gasteiger partial charge in [-0.2, -0.15) is 0 Å². The van der Waals surface area contributed by atoms with E-state index in [1.54, 1.807) is 23.8 Å². The van der Waals surface area contributed by atoms with E-state index in [1.165, 1.54) is 10.7 Å². The Kier molecular flexibility index (Phi) is 4.16.